The summed E-state index contributed by atoms with van der Waals surface area (Å²) in [6, 6.07) is 16.3. The van der Waals surface area contributed by atoms with Crippen molar-refractivity contribution in [1.82, 2.24) is 5.32 Å². The molecule has 0 radical (unpaired) electrons. The molecule has 1 N–H and O–H groups in total. The third kappa shape index (κ3) is 3.52. The highest BCUT2D eigenvalue weighted by atomic mass is 32.2. The van der Waals surface area contributed by atoms with Crippen molar-refractivity contribution in [2.24, 2.45) is 0 Å². The highest BCUT2D eigenvalue weighted by Crippen LogP contribution is 2.24. The van der Waals surface area contributed by atoms with Gasteiger partial charge in [-0.1, -0.05) is 12.1 Å². The van der Waals surface area contributed by atoms with Crippen LogP contribution in [-0.2, 0) is 6.54 Å². The molecule has 0 unspecified atom stereocenters. The molecule has 0 aromatic heterocycles. The van der Waals surface area contributed by atoms with Crippen LogP contribution in [0.25, 0.3) is 0 Å². The molecule has 0 aliphatic heterocycles. The Labute approximate surface area is 112 Å². The first-order valence-corrected chi connectivity index (χ1v) is 7.10. The molecule has 0 saturated heterocycles. The van der Waals surface area contributed by atoms with Gasteiger partial charge in [0.2, 0.25) is 0 Å². The van der Waals surface area contributed by atoms with Crippen LogP contribution >= 0.6 is 11.8 Å². The van der Waals surface area contributed by atoms with Crippen molar-refractivity contribution in [3.8, 4) is 11.5 Å². The molecule has 3 heteroatoms. The number of hydrogen-bond donors (Lipinski definition) is 1. The largest absolute Gasteiger partial charge is 0.457 e. The monoisotopic (exact) mass is 259 g/mol. The second-order valence-corrected chi connectivity index (χ2v) is 4.83. The maximum atomic E-state index is 5.83. The van der Waals surface area contributed by atoms with Gasteiger partial charge in [-0.05, 0) is 55.3 Å². The molecule has 0 amide bonds. The molecule has 0 fully saturated rings. The first-order chi connectivity index (χ1) is 8.81. The van der Waals surface area contributed by atoms with Crippen LogP contribution in [0.2, 0.25) is 0 Å². The van der Waals surface area contributed by atoms with Crippen molar-refractivity contribution < 1.29 is 4.74 Å². The third-order valence-corrected chi connectivity index (χ3v) is 3.32. The van der Waals surface area contributed by atoms with Crippen molar-refractivity contribution in [1.29, 1.82) is 0 Å². The molecule has 0 aliphatic carbocycles. The SMILES string of the molecule is CNCc1cccc(Oc2ccc(SC)cc2)c1. The van der Waals surface area contributed by atoms with Crippen LogP contribution in [0, 0.1) is 0 Å². The van der Waals surface area contributed by atoms with Crippen molar-refractivity contribution in [2.75, 3.05) is 13.3 Å². The Morgan fingerprint density at radius 2 is 1.83 bits per heavy atom. The number of ether oxygens (including phenoxy) is 1. The molecule has 2 nitrogen and oxygen atoms in total. The second kappa shape index (κ2) is 6.47. The quantitative estimate of drug-likeness (QED) is 0.822. The molecule has 2 aromatic carbocycles. The average Bonchev–Trinajstić information content (AvgIpc) is 2.40. The standard InChI is InChI=1S/C15H17NOS/c1-16-11-12-4-3-5-14(10-12)17-13-6-8-15(18-2)9-7-13/h3-10,16H,11H2,1-2H3. The van der Waals surface area contributed by atoms with Crippen LogP contribution < -0.4 is 10.1 Å². The van der Waals surface area contributed by atoms with Gasteiger partial charge < -0.3 is 10.1 Å². The summed E-state index contributed by atoms with van der Waals surface area (Å²) in [6.45, 7) is 0.850. The number of hydrogen-bond acceptors (Lipinski definition) is 3. The summed E-state index contributed by atoms with van der Waals surface area (Å²) in [5.41, 5.74) is 1.22. The summed E-state index contributed by atoms with van der Waals surface area (Å²) in [5, 5.41) is 3.13. The van der Waals surface area contributed by atoms with Crippen LogP contribution in [-0.4, -0.2) is 13.3 Å². The van der Waals surface area contributed by atoms with E-state index in [1.54, 1.807) is 11.8 Å². The van der Waals surface area contributed by atoms with Gasteiger partial charge in [0.15, 0.2) is 0 Å². The fourth-order valence-corrected chi connectivity index (χ4v) is 2.11. The Hall–Kier alpha value is -1.45. The van der Waals surface area contributed by atoms with E-state index in [0.29, 0.717) is 0 Å². The topological polar surface area (TPSA) is 21.3 Å². The Balaban J connectivity index is 2.09. The van der Waals surface area contributed by atoms with Crippen molar-refractivity contribution >= 4 is 11.8 Å². The van der Waals surface area contributed by atoms with Crippen LogP contribution in [0.4, 0.5) is 0 Å². The van der Waals surface area contributed by atoms with Gasteiger partial charge in [0.1, 0.15) is 11.5 Å². The van der Waals surface area contributed by atoms with Gasteiger partial charge in [0.05, 0.1) is 0 Å². The van der Waals surface area contributed by atoms with Gasteiger partial charge in [-0.25, -0.2) is 0 Å². The van der Waals surface area contributed by atoms with Gasteiger partial charge in [0.25, 0.3) is 0 Å². The van der Waals surface area contributed by atoms with E-state index in [4.69, 9.17) is 4.74 Å². The minimum Gasteiger partial charge on any atom is -0.457 e. The molecule has 2 aromatic rings. The smallest absolute Gasteiger partial charge is 0.127 e. The van der Waals surface area contributed by atoms with E-state index < -0.39 is 0 Å². The normalized spacial score (nSPS) is 10.3. The number of nitrogens with one attached hydrogen (secondary N) is 1. The van der Waals surface area contributed by atoms with Crippen LogP contribution in [0.15, 0.2) is 53.4 Å². The number of rotatable bonds is 5. The Kier molecular flexibility index (Phi) is 4.67. The van der Waals surface area contributed by atoms with E-state index in [1.807, 2.05) is 31.3 Å². The zero-order valence-electron chi connectivity index (χ0n) is 10.6. The molecular formula is C15H17NOS. The van der Waals surface area contributed by atoms with Crippen LogP contribution in [0.5, 0.6) is 11.5 Å². The summed E-state index contributed by atoms with van der Waals surface area (Å²) in [6.07, 6.45) is 2.07. The lowest BCUT2D eigenvalue weighted by atomic mass is 10.2. The van der Waals surface area contributed by atoms with Gasteiger partial charge in [0, 0.05) is 11.4 Å². The van der Waals surface area contributed by atoms with Gasteiger partial charge in [-0.3, -0.25) is 0 Å². The summed E-state index contributed by atoms with van der Waals surface area (Å²) < 4.78 is 5.83. The lowest BCUT2D eigenvalue weighted by molar-refractivity contribution is 0.481. The van der Waals surface area contributed by atoms with Crippen LogP contribution in [0.3, 0.4) is 0 Å². The highest BCUT2D eigenvalue weighted by molar-refractivity contribution is 7.98. The highest BCUT2D eigenvalue weighted by Gasteiger charge is 1.99. The minimum absolute atomic E-state index is 0.850. The van der Waals surface area contributed by atoms with Gasteiger partial charge in [-0.15, -0.1) is 11.8 Å². The van der Waals surface area contributed by atoms with Gasteiger partial charge in [-0.2, -0.15) is 0 Å². The summed E-state index contributed by atoms with van der Waals surface area (Å²) in [5.74, 6) is 1.74. The predicted octanol–water partition coefficient (Wildman–Crippen LogP) is 3.92. The van der Waals surface area contributed by atoms with Crippen molar-refractivity contribution in [3.05, 3.63) is 54.1 Å². The zero-order valence-corrected chi connectivity index (χ0v) is 11.5. The first kappa shape index (κ1) is 13.0. The summed E-state index contributed by atoms with van der Waals surface area (Å²) in [7, 11) is 1.94. The maximum Gasteiger partial charge on any atom is 0.127 e. The molecule has 0 heterocycles. The zero-order chi connectivity index (χ0) is 12.8. The van der Waals surface area contributed by atoms with E-state index in [-0.39, 0.29) is 0 Å². The van der Waals surface area contributed by atoms with E-state index >= 15 is 0 Å². The fraction of sp³-hybridized carbons (Fsp3) is 0.200. The minimum atomic E-state index is 0.850. The molecule has 18 heavy (non-hydrogen) atoms. The number of benzene rings is 2. The Bertz CT molecular complexity index is 496. The lowest BCUT2D eigenvalue weighted by Crippen LogP contribution is -2.04. The molecule has 0 atom stereocenters. The third-order valence-electron chi connectivity index (χ3n) is 2.57. The van der Waals surface area contributed by atoms with Crippen molar-refractivity contribution in [3.63, 3.8) is 0 Å². The molecule has 0 aliphatic rings. The van der Waals surface area contributed by atoms with E-state index in [9.17, 15) is 0 Å². The van der Waals surface area contributed by atoms with Crippen LogP contribution in [0.1, 0.15) is 5.56 Å². The molecule has 2 rings (SSSR count). The molecule has 0 bridgehead atoms. The maximum absolute atomic E-state index is 5.83. The number of thioether (sulfide) groups is 1. The summed E-state index contributed by atoms with van der Waals surface area (Å²) >= 11 is 1.73. The molecule has 0 spiro atoms. The van der Waals surface area contributed by atoms with E-state index in [0.717, 1.165) is 18.0 Å². The first-order valence-electron chi connectivity index (χ1n) is 5.87. The van der Waals surface area contributed by atoms with E-state index in [2.05, 4.69) is 35.8 Å². The Morgan fingerprint density at radius 1 is 1.06 bits per heavy atom. The van der Waals surface area contributed by atoms with E-state index in [1.165, 1.54) is 10.5 Å². The molecule has 0 saturated carbocycles. The van der Waals surface area contributed by atoms with Crippen molar-refractivity contribution in [2.45, 2.75) is 11.4 Å². The predicted molar refractivity (Wildman–Crippen MR) is 77.5 cm³/mol. The molecule has 94 valence electrons. The fourth-order valence-electron chi connectivity index (χ4n) is 1.70. The average molecular weight is 259 g/mol. The second-order valence-electron chi connectivity index (χ2n) is 3.96. The summed E-state index contributed by atoms with van der Waals surface area (Å²) in [4.78, 5) is 1.24. The Morgan fingerprint density at radius 3 is 2.50 bits per heavy atom. The van der Waals surface area contributed by atoms with Gasteiger partial charge >= 0.3 is 0 Å². The molecular weight excluding hydrogens is 242 g/mol. The lowest BCUT2D eigenvalue weighted by Gasteiger charge is -2.08.